The molecule has 1 N–H and O–H groups in total. The Balaban J connectivity index is 1.88. The maximum atomic E-state index is 11.8. The number of carbonyl (C=O) groups excluding carboxylic acids is 1. The lowest BCUT2D eigenvalue weighted by Crippen LogP contribution is -2.48. The van der Waals surface area contributed by atoms with Gasteiger partial charge in [-0.05, 0) is 79.6 Å². The molecule has 0 unspecified atom stereocenters. The maximum absolute atomic E-state index is 11.8. The highest BCUT2D eigenvalue weighted by molar-refractivity contribution is 5.93. The molecule has 0 aromatic rings. The second-order valence-electron chi connectivity index (χ2n) is 8.42. The third-order valence-electron chi connectivity index (χ3n) is 7.39. The van der Waals surface area contributed by atoms with Gasteiger partial charge < -0.3 is 5.11 Å². The number of aliphatic hydroxyl groups is 1. The van der Waals surface area contributed by atoms with Crippen LogP contribution in [0.15, 0.2) is 34.9 Å². The number of fused-ring (bicyclic) bond motifs is 4. The van der Waals surface area contributed by atoms with E-state index in [9.17, 15) is 9.90 Å². The molecule has 2 heteroatoms. The van der Waals surface area contributed by atoms with Gasteiger partial charge in [0.15, 0.2) is 5.78 Å². The van der Waals surface area contributed by atoms with E-state index in [0.717, 1.165) is 32.1 Å². The van der Waals surface area contributed by atoms with Gasteiger partial charge in [0.2, 0.25) is 0 Å². The van der Waals surface area contributed by atoms with Crippen LogP contribution in [-0.2, 0) is 4.79 Å². The highest BCUT2D eigenvalue weighted by Gasteiger charge is 2.59. The average molecular weight is 312 g/mol. The van der Waals surface area contributed by atoms with Crippen LogP contribution >= 0.6 is 0 Å². The molecule has 23 heavy (non-hydrogen) atoms. The predicted octanol–water partition coefficient (Wildman–Crippen LogP) is 4.36. The molecule has 4 aliphatic rings. The van der Waals surface area contributed by atoms with E-state index in [1.165, 1.54) is 16.7 Å². The lowest BCUT2D eigenvalue weighted by atomic mass is 9.54. The lowest BCUT2D eigenvalue weighted by Gasteiger charge is -2.51. The molecule has 0 aromatic heterocycles. The minimum absolute atomic E-state index is 0.0678. The molecule has 1 fully saturated rings. The fraction of sp³-hybridized carbons (Fsp3) is 0.667. The van der Waals surface area contributed by atoms with Crippen molar-refractivity contribution in [3.63, 3.8) is 0 Å². The molecule has 0 aliphatic heterocycles. The molecule has 2 nitrogen and oxygen atoms in total. The Morgan fingerprint density at radius 1 is 1.35 bits per heavy atom. The molecule has 124 valence electrons. The molecule has 0 bridgehead atoms. The Morgan fingerprint density at radius 3 is 2.87 bits per heavy atom. The van der Waals surface area contributed by atoms with Gasteiger partial charge >= 0.3 is 0 Å². The first-order valence-electron chi connectivity index (χ1n) is 9.28. The van der Waals surface area contributed by atoms with Crippen LogP contribution < -0.4 is 0 Å². The fourth-order valence-electron chi connectivity index (χ4n) is 6.21. The van der Waals surface area contributed by atoms with E-state index in [-0.39, 0.29) is 5.41 Å². The average Bonchev–Trinajstić information content (AvgIpc) is 2.78. The molecule has 4 aliphatic carbocycles. The van der Waals surface area contributed by atoms with Crippen molar-refractivity contribution >= 4 is 5.78 Å². The van der Waals surface area contributed by atoms with Gasteiger partial charge in [0.1, 0.15) is 0 Å². The summed E-state index contributed by atoms with van der Waals surface area (Å²) in [6.07, 6.45) is 12.2. The van der Waals surface area contributed by atoms with Gasteiger partial charge in [-0.1, -0.05) is 26.0 Å². The maximum Gasteiger partial charge on any atom is 0.156 e. The number of hydrogen-bond acceptors (Lipinski definition) is 2. The van der Waals surface area contributed by atoms with Crippen LogP contribution in [0.2, 0.25) is 0 Å². The molecule has 0 amide bonds. The normalized spacial score (nSPS) is 45.5. The summed E-state index contributed by atoms with van der Waals surface area (Å²) in [4.78, 5) is 11.8. The molecule has 4 rings (SSSR count). The number of allylic oxidation sites excluding steroid dienone is 5. The van der Waals surface area contributed by atoms with E-state index in [1.54, 1.807) is 0 Å². The monoisotopic (exact) mass is 312 g/mol. The molecule has 5 atom stereocenters. The third kappa shape index (κ3) is 1.94. The SMILES string of the molecule is CC[C@]12C=CC3=C4CCC(=O)C=C4C[C@@H](C)[C@H]3[C@@H]1CC[C@]2(C)O. The Hall–Kier alpha value is -1.15. The summed E-state index contributed by atoms with van der Waals surface area (Å²) >= 11 is 0. The second-order valence-corrected chi connectivity index (χ2v) is 8.42. The lowest BCUT2D eigenvalue weighted by molar-refractivity contribution is -0.114. The highest BCUT2D eigenvalue weighted by atomic mass is 16.3. The molecule has 0 radical (unpaired) electrons. The van der Waals surface area contributed by atoms with Gasteiger partial charge in [-0.25, -0.2) is 0 Å². The van der Waals surface area contributed by atoms with Crippen LogP contribution in [0, 0.1) is 23.2 Å². The van der Waals surface area contributed by atoms with E-state index < -0.39 is 5.60 Å². The first-order chi connectivity index (χ1) is 10.9. The number of hydrogen-bond donors (Lipinski definition) is 1. The summed E-state index contributed by atoms with van der Waals surface area (Å²) in [6, 6.07) is 0. The Labute approximate surface area is 139 Å². The first kappa shape index (κ1) is 15.4. The van der Waals surface area contributed by atoms with Crippen LogP contribution in [0.25, 0.3) is 0 Å². The summed E-state index contributed by atoms with van der Waals surface area (Å²) in [5.41, 5.74) is 3.56. The van der Waals surface area contributed by atoms with Gasteiger partial charge in [-0.3, -0.25) is 4.79 Å². The van der Waals surface area contributed by atoms with Crippen LogP contribution in [0.1, 0.15) is 59.3 Å². The number of carbonyl (C=O) groups is 1. The van der Waals surface area contributed by atoms with E-state index in [2.05, 4.69) is 26.0 Å². The summed E-state index contributed by atoms with van der Waals surface area (Å²) < 4.78 is 0. The minimum atomic E-state index is -0.586. The van der Waals surface area contributed by atoms with E-state index in [1.807, 2.05) is 13.0 Å². The van der Waals surface area contributed by atoms with Crippen molar-refractivity contribution < 1.29 is 9.90 Å². The van der Waals surface area contributed by atoms with E-state index in [0.29, 0.717) is 30.0 Å². The largest absolute Gasteiger partial charge is 0.389 e. The third-order valence-corrected chi connectivity index (χ3v) is 7.39. The van der Waals surface area contributed by atoms with Crippen LogP contribution in [0.5, 0.6) is 0 Å². The van der Waals surface area contributed by atoms with Crippen molar-refractivity contribution in [3.8, 4) is 0 Å². The van der Waals surface area contributed by atoms with Crippen molar-refractivity contribution in [2.45, 2.75) is 64.9 Å². The summed E-state index contributed by atoms with van der Waals surface area (Å²) in [5, 5.41) is 11.1. The standard InChI is InChI=1S/C21H28O2/c1-4-21-10-7-17-16-6-5-15(22)12-14(16)11-13(2)19(17)18(21)8-9-20(21,3)23/h7,10,12-13,18-19,23H,4-6,8-9,11H2,1-3H3/t13-,18+,19-,20+,21+/m1/s1. The van der Waals surface area contributed by atoms with Crippen molar-refractivity contribution in [2.75, 3.05) is 0 Å². The van der Waals surface area contributed by atoms with Crippen molar-refractivity contribution in [3.05, 3.63) is 34.9 Å². The second kappa shape index (κ2) is 4.92. The van der Waals surface area contributed by atoms with Crippen molar-refractivity contribution in [1.82, 2.24) is 0 Å². The zero-order chi connectivity index (χ0) is 16.4. The molecular weight excluding hydrogens is 284 g/mol. The predicted molar refractivity (Wildman–Crippen MR) is 91.8 cm³/mol. The van der Waals surface area contributed by atoms with Gasteiger partial charge in [-0.2, -0.15) is 0 Å². The molecular formula is C21H28O2. The summed E-state index contributed by atoms with van der Waals surface area (Å²) in [6.45, 7) is 6.61. The zero-order valence-corrected chi connectivity index (χ0v) is 14.6. The fourth-order valence-corrected chi connectivity index (χ4v) is 6.21. The minimum Gasteiger partial charge on any atom is -0.389 e. The molecule has 0 spiro atoms. The van der Waals surface area contributed by atoms with Crippen molar-refractivity contribution in [2.24, 2.45) is 23.2 Å². The van der Waals surface area contributed by atoms with Gasteiger partial charge in [0, 0.05) is 11.8 Å². The molecule has 1 saturated carbocycles. The molecule has 0 saturated heterocycles. The topological polar surface area (TPSA) is 37.3 Å². The smallest absolute Gasteiger partial charge is 0.156 e. The summed E-state index contributed by atoms with van der Waals surface area (Å²) in [7, 11) is 0. The Bertz CT molecular complexity index is 649. The number of rotatable bonds is 1. The Morgan fingerprint density at radius 2 is 2.13 bits per heavy atom. The Kier molecular flexibility index (Phi) is 3.29. The van der Waals surface area contributed by atoms with E-state index >= 15 is 0 Å². The highest BCUT2D eigenvalue weighted by Crippen LogP contribution is 2.63. The summed E-state index contributed by atoms with van der Waals surface area (Å²) in [5.74, 6) is 1.95. The molecule has 0 heterocycles. The van der Waals surface area contributed by atoms with Crippen LogP contribution in [0.3, 0.4) is 0 Å². The first-order valence-corrected chi connectivity index (χ1v) is 9.28. The van der Waals surface area contributed by atoms with Crippen LogP contribution in [-0.4, -0.2) is 16.5 Å². The van der Waals surface area contributed by atoms with Gasteiger partial charge in [0.05, 0.1) is 5.60 Å². The van der Waals surface area contributed by atoms with Gasteiger partial charge in [-0.15, -0.1) is 0 Å². The van der Waals surface area contributed by atoms with E-state index in [4.69, 9.17) is 0 Å². The van der Waals surface area contributed by atoms with Crippen LogP contribution in [0.4, 0.5) is 0 Å². The molecule has 0 aromatic carbocycles. The van der Waals surface area contributed by atoms with Crippen molar-refractivity contribution in [1.29, 1.82) is 0 Å². The van der Waals surface area contributed by atoms with Gasteiger partial charge in [0.25, 0.3) is 0 Å². The quantitative estimate of drug-likeness (QED) is 0.781. The number of ketones is 1. The zero-order valence-electron chi connectivity index (χ0n) is 14.6.